The van der Waals surface area contributed by atoms with Gasteiger partial charge in [-0.25, -0.2) is 0 Å². The number of H-pyrrole nitrogens is 1. The monoisotopic (exact) mass is 452 g/mol. The average Bonchev–Trinajstić information content (AvgIpc) is 3.42. The third-order valence-corrected chi connectivity index (χ3v) is 6.52. The van der Waals surface area contributed by atoms with Crippen LogP contribution in [0.1, 0.15) is 0 Å². The molecule has 4 aromatic carbocycles. The first-order valence-corrected chi connectivity index (χ1v) is 11.0. The second-order valence-electron chi connectivity index (χ2n) is 8.21. The first-order chi connectivity index (χ1) is 16.6. The van der Waals surface area contributed by atoms with Crippen LogP contribution in [0, 0.1) is 0 Å². The van der Waals surface area contributed by atoms with Gasteiger partial charge in [0.1, 0.15) is 23.0 Å². The molecule has 34 heavy (non-hydrogen) atoms. The molecule has 2 heterocycles. The topological polar surface area (TPSA) is 57.6 Å². The van der Waals surface area contributed by atoms with Crippen molar-refractivity contribution in [3.8, 4) is 28.7 Å². The highest BCUT2D eigenvalue weighted by molar-refractivity contribution is 6.14. The third-order valence-electron chi connectivity index (χ3n) is 6.52. The summed E-state index contributed by atoms with van der Waals surface area (Å²) in [6.45, 7) is 0. The number of hydrogen-bond acceptors (Lipinski definition) is 4. The smallest absolute Gasteiger partial charge is 0.121 e. The molecule has 0 atom stereocenters. The fourth-order valence-corrected chi connectivity index (χ4v) is 4.85. The van der Waals surface area contributed by atoms with Gasteiger partial charge in [0.05, 0.1) is 50.7 Å². The van der Waals surface area contributed by atoms with Crippen LogP contribution in [0.25, 0.3) is 49.3 Å². The molecule has 0 bridgehead atoms. The Hall–Kier alpha value is -4.32. The number of rotatable bonds is 5. The largest absolute Gasteiger partial charge is 0.497 e. The summed E-state index contributed by atoms with van der Waals surface area (Å²) < 4.78 is 24.5. The molecular formula is C28H24N2O4. The van der Waals surface area contributed by atoms with E-state index in [4.69, 9.17) is 18.9 Å². The first kappa shape index (κ1) is 20.3. The lowest BCUT2D eigenvalue weighted by Crippen LogP contribution is -1.97. The second-order valence-corrected chi connectivity index (χ2v) is 8.21. The molecule has 0 fully saturated rings. The number of nitrogens with one attached hydrogen (secondary N) is 1. The zero-order valence-electron chi connectivity index (χ0n) is 19.4. The van der Waals surface area contributed by atoms with Crippen LogP contribution >= 0.6 is 0 Å². The van der Waals surface area contributed by atoms with Gasteiger partial charge in [0.25, 0.3) is 0 Å². The van der Waals surface area contributed by atoms with E-state index < -0.39 is 0 Å². The molecule has 0 unspecified atom stereocenters. The standard InChI is InChI=1S/C28H24N2O4/c1-31-16-5-8-24-20(11-16)23-14-19(34-4)15-27(28(23)29-24)30-25-9-6-17(32-2)12-21(25)22-13-18(33-3)7-10-26(22)30/h5-15,29H,1-4H3. The zero-order valence-corrected chi connectivity index (χ0v) is 19.4. The highest BCUT2D eigenvalue weighted by atomic mass is 16.5. The third kappa shape index (κ3) is 2.88. The van der Waals surface area contributed by atoms with Crippen LogP contribution in [-0.4, -0.2) is 38.0 Å². The second kappa shape index (κ2) is 7.63. The maximum Gasteiger partial charge on any atom is 0.121 e. The number of aromatic amines is 1. The van der Waals surface area contributed by atoms with Gasteiger partial charge in [0.15, 0.2) is 0 Å². The fraction of sp³-hybridized carbons (Fsp3) is 0.143. The molecule has 0 radical (unpaired) electrons. The minimum atomic E-state index is 0.781. The molecular weight excluding hydrogens is 428 g/mol. The van der Waals surface area contributed by atoms with Crippen molar-refractivity contribution in [1.29, 1.82) is 0 Å². The van der Waals surface area contributed by atoms with Gasteiger partial charge in [-0.05, 0) is 60.7 Å². The Labute approximate surface area is 196 Å². The van der Waals surface area contributed by atoms with Gasteiger partial charge < -0.3 is 28.5 Å². The lowest BCUT2D eigenvalue weighted by molar-refractivity contribution is 0.415. The molecule has 170 valence electrons. The summed E-state index contributed by atoms with van der Waals surface area (Å²) in [6.07, 6.45) is 0. The van der Waals surface area contributed by atoms with Crippen LogP contribution in [0.15, 0.2) is 66.7 Å². The van der Waals surface area contributed by atoms with Crippen LogP contribution in [0.4, 0.5) is 0 Å². The van der Waals surface area contributed by atoms with Crippen molar-refractivity contribution >= 4 is 43.6 Å². The Kier molecular flexibility index (Phi) is 4.55. The molecule has 0 aliphatic rings. The SMILES string of the molecule is COc1ccc2[nH]c3c(-n4c5ccc(OC)cc5c5cc(OC)ccc54)cc(OC)cc3c2c1. The van der Waals surface area contributed by atoms with Crippen molar-refractivity contribution in [2.75, 3.05) is 28.4 Å². The van der Waals surface area contributed by atoms with Gasteiger partial charge in [-0.2, -0.15) is 0 Å². The van der Waals surface area contributed by atoms with Crippen molar-refractivity contribution in [3.05, 3.63) is 66.7 Å². The summed E-state index contributed by atoms with van der Waals surface area (Å²) in [5.74, 6) is 3.21. The Balaban J connectivity index is 1.77. The number of hydrogen-bond donors (Lipinski definition) is 1. The predicted molar refractivity (Wildman–Crippen MR) is 136 cm³/mol. The van der Waals surface area contributed by atoms with Gasteiger partial charge in [-0.3, -0.25) is 0 Å². The minimum Gasteiger partial charge on any atom is -0.497 e. The lowest BCUT2D eigenvalue weighted by Gasteiger charge is -2.12. The maximum absolute atomic E-state index is 5.73. The molecule has 0 saturated heterocycles. The Morgan fingerprint density at radius 3 is 1.59 bits per heavy atom. The van der Waals surface area contributed by atoms with E-state index in [1.54, 1.807) is 28.4 Å². The summed E-state index contributed by atoms with van der Waals surface area (Å²) in [6, 6.07) is 22.5. The van der Waals surface area contributed by atoms with E-state index in [0.29, 0.717) is 0 Å². The van der Waals surface area contributed by atoms with Crippen molar-refractivity contribution in [3.63, 3.8) is 0 Å². The molecule has 6 nitrogen and oxygen atoms in total. The molecule has 0 spiro atoms. The van der Waals surface area contributed by atoms with Crippen LogP contribution in [-0.2, 0) is 0 Å². The fourth-order valence-electron chi connectivity index (χ4n) is 4.85. The zero-order chi connectivity index (χ0) is 23.4. The number of fused-ring (bicyclic) bond motifs is 6. The highest BCUT2D eigenvalue weighted by Gasteiger charge is 2.19. The first-order valence-electron chi connectivity index (χ1n) is 11.0. The van der Waals surface area contributed by atoms with E-state index in [2.05, 4.69) is 52.0 Å². The van der Waals surface area contributed by atoms with Gasteiger partial charge in [-0.1, -0.05) is 0 Å². The van der Waals surface area contributed by atoms with Crippen LogP contribution in [0.5, 0.6) is 23.0 Å². The van der Waals surface area contributed by atoms with Crippen molar-refractivity contribution in [2.24, 2.45) is 0 Å². The summed E-state index contributed by atoms with van der Waals surface area (Å²) >= 11 is 0. The number of methoxy groups -OCH3 is 4. The van der Waals surface area contributed by atoms with Gasteiger partial charge in [0.2, 0.25) is 0 Å². The summed E-state index contributed by atoms with van der Waals surface area (Å²) in [5, 5.41) is 4.32. The summed E-state index contributed by atoms with van der Waals surface area (Å²) in [4.78, 5) is 3.63. The van der Waals surface area contributed by atoms with Crippen molar-refractivity contribution in [2.45, 2.75) is 0 Å². The predicted octanol–water partition coefficient (Wildman–Crippen LogP) is 6.45. The quantitative estimate of drug-likeness (QED) is 0.326. The molecule has 0 aliphatic carbocycles. The van der Waals surface area contributed by atoms with Gasteiger partial charge in [0, 0.05) is 33.1 Å². The number of nitrogens with zero attached hydrogens (tertiary/aromatic N) is 1. The van der Waals surface area contributed by atoms with Crippen molar-refractivity contribution < 1.29 is 18.9 Å². The highest BCUT2D eigenvalue weighted by Crippen LogP contribution is 2.41. The van der Waals surface area contributed by atoms with E-state index in [-0.39, 0.29) is 0 Å². The van der Waals surface area contributed by atoms with E-state index in [1.807, 2.05) is 24.3 Å². The molecule has 0 amide bonds. The van der Waals surface area contributed by atoms with E-state index in [1.165, 1.54) is 0 Å². The van der Waals surface area contributed by atoms with E-state index in [0.717, 1.165) is 72.3 Å². The molecule has 1 N–H and O–H groups in total. The summed E-state index contributed by atoms with van der Waals surface area (Å²) in [5.41, 5.74) is 5.19. The molecule has 6 aromatic rings. The molecule has 0 aliphatic heterocycles. The maximum atomic E-state index is 5.73. The van der Waals surface area contributed by atoms with Crippen LogP contribution in [0.3, 0.4) is 0 Å². The van der Waals surface area contributed by atoms with Crippen LogP contribution in [0.2, 0.25) is 0 Å². The van der Waals surface area contributed by atoms with E-state index in [9.17, 15) is 0 Å². The number of ether oxygens (including phenoxy) is 4. The molecule has 6 heteroatoms. The minimum absolute atomic E-state index is 0.781. The van der Waals surface area contributed by atoms with Crippen LogP contribution < -0.4 is 18.9 Å². The molecule has 2 aromatic heterocycles. The van der Waals surface area contributed by atoms with Gasteiger partial charge in [-0.15, -0.1) is 0 Å². The average molecular weight is 453 g/mol. The Morgan fingerprint density at radius 2 is 1.03 bits per heavy atom. The van der Waals surface area contributed by atoms with E-state index >= 15 is 0 Å². The van der Waals surface area contributed by atoms with Gasteiger partial charge >= 0.3 is 0 Å². The lowest BCUT2D eigenvalue weighted by atomic mass is 10.1. The Morgan fingerprint density at radius 1 is 0.529 bits per heavy atom. The summed E-state index contributed by atoms with van der Waals surface area (Å²) in [7, 11) is 6.75. The Bertz CT molecular complexity index is 1650. The van der Waals surface area contributed by atoms with Crippen molar-refractivity contribution in [1.82, 2.24) is 9.55 Å². The normalized spacial score (nSPS) is 11.5. The molecule has 6 rings (SSSR count). The number of benzene rings is 4. The number of aromatic nitrogens is 2. The molecule has 0 saturated carbocycles.